The van der Waals surface area contributed by atoms with Crippen LogP contribution in [0.2, 0.25) is 5.02 Å². The maximum absolute atomic E-state index is 12.4. The van der Waals surface area contributed by atoms with Gasteiger partial charge in [0.25, 0.3) is 0 Å². The standard InChI is InChI=1S/C19H22ClNOS/c1-12-5-6-16(11-13(12)2)14(3)21-19(22)15(4)23-18-9-7-17(20)8-10-18/h5-11,14-15H,1-4H3,(H,21,22). The maximum Gasteiger partial charge on any atom is 0.233 e. The number of halogens is 1. The van der Waals surface area contributed by atoms with Crippen molar-refractivity contribution in [3.8, 4) is 0 Å². The van der Waals surface area contributed by atoms with Crippen molar-refractivity contribution < 1.29 is 4.79 Å². The Hall–Kier alpha value is -1.45. The topological polar surface area (TPSA) is 29.1 Å². The molecular weight excluding hydrogens is 326 g/mol. The van der Waals surface area contributed by atoms with Gasteiger partial charge >= 0.3 is 0 Å². The Labute approximate surface area is 147 Å². The van der Waals surface area contributed by atoms with Crippen molar-refractivity contribution in [1.29, 1.82) is 0 Å². The van der Waals surface area contributed by atoms with Crippen molar-refractivity contribution in [2.24, 2.45) is 0 Å². The molecule has 1 N–H and O–H groups in total. The van der Waals surface area contributed by atoms with E-state index in [1.807, 2.05) is 38.1 Å². The van der Waals surface area contributed by atoms with Gasteiger partial charge in [-0.05, 0) is 68.7 Å². The van der Waals surface area contributed by atoms with Crippen LogP contribution in [0.5, 0.6) is 0 Å². The van der Waals surface area contributed by atoms with Gasteiger partial charge in [-0.2, -0.15) is 0 Å². The summed E-state index contributed by atoms with van der Waals surface area (Å²) in [6, 6.07) is 13.8. The molecule has 0 aliphatic heterocycles. The summed E-state index contributed by atoms with van der Waals surface area (Å²) in [5, 5.41) is 3.63. The SMILES string of the molecule is Cc1ccc(C(C)NC(=O)C(C)Sc2ccc(Cl)cc2)cc1C. The average molecular weight is 348 g/mol. The van der Waals surface area contributed by atoms with Gasteiger partial charge in [-0.1, -0.05) is 29.8 Å². The number of benzene rings is 2. The highest BCUT2D eigenvalue weighted by Crippen LogP contribution is 2.25. The molecule has 0 heterocycles. The minimum absolute atomic E-state index is 0.00457. The molecule has 2 atom stereocenters. The molecule has 23 heavy (non-hydrogen) atoms. The first-order chi connectivity index (χ1) is 10.9. The van der Waals surface area contributed by atoms with Crippen molar-refractivity contribution in [1.82, 2.24) is 5.32 Å². The lowest BCUT2D eigenvalue weighted by Gasteiger charge is -2.18. The van der Waals surface area contributed by atoms with Gasteiger partial charge < -0.3 is 5.32 Å². The fourth-order valence-electron chi connectivity index (χ4n) is 2.22. The molecule has 0 spiro atoms. The highest BCUT2D eigenvalue weighted by atomic mass is 35.5. The largest absolute Gasteiger partial charge is 0.349 e. The van der Waals surface area contributed by atoms with Crippen molar-refractivity contribution >= 4 is 29.3 Å². The van der Waals surface area contributed by atoms with Crippen LogP contribution >= 0.6 is 23.4 Å². The smallest absolute Gasteiger partial charge is 0.233 e. The molecule has 0 radical (unpaired) electrons. The van der Waals surface area contributed by atoms with Gasteiger partial charge in [0.15, 0.2) is 0 Å². The lowest BCUT2D eigenvalue weighted by Crippen LogP contribution is -2.33. The maximum atomic E-state index is 12.4. The summed E-state index contributed by atoms with van der Waals surface area (Å²) in [5.41, 5.74) is 3.64. The number of amides is 1. The number of carbonyl (C=O) groups is 1. The summed E-state index contributed by atoms with van der Waals surface area (Å²) < 4.78 is 0. The van der Waals surface area contributed by atoms with E-state index >= 15 is 0 Å². The highest BCUT2D eigenvalue weighted by Gasteiger charge is 2.17. The Kier molecular flexibility index (Phi) is 6.14. The molecule has 0 saturated heterocycles. The molecule has 0 saturated carbocycles. The average Bonchev–Trinajstić information content (AvgIpc) is 2.52. The third kappa shape index (κ3) is 5.02. The summed E-state index contributed by atoms with van der Waals surface area (Å²) in [7, 11) is 0. The van der Waals surface area contributed by atoms with E-state index in [4.69, 9.17) is 11.6 Å². The van der Waals surface area contributed by atoms with Crippen LogP contribution in [0, 0.1) is 13.8 Å². The lowest BCUT2D eigenvalue weighted by molar-refractivity contribution is -0.120. The molecule has 2 unspecified atom stereocenters. The third-order valence-corrected chi connectivity index (χ3v) is 5.25. The molecule has 0 bridgehead atoms. The van der Waals surface area contributed by atoms with E-state index in [1.165, 1.54) is 22.9 Å². The molecule has 0 aliphatic rings. The van der Waals surface area contributed by atoms with Crippen molar-refractivity contribution in [3.05, 3.63) is 64.2 Å². The second kappa shape index (κ2) is 7.89. The monoisotopic (exact) mass is 347 g/mol. The fraction of sp³-hybridized carbons (Fsp3) is 0.316. The Morgan fingerprint density at radius 2 is 1.70 bits per heavy atom. The van der Waals surface area contributed by atoms with Gasteiger partial charge in [-0.15, -0.1) is 11.8 Å². The molecule has 2 nitrogen and oxygen atoms in total. The van der Waals surface area contributed by atoms with Gasteiger partial charge in [0.1, 0.15) is 0 Å². The Morgan fingerprint density at radius 3 is 2.30 bits per heavy atom. The van der Waals surface area contributed by atoms with Crippen LogP contribution in [0.3, 0.4) is 0 Å². The van der Waals surface area contributed by atoms with E-state index in [9.17, 15) is 4.79 Å². The lowest BCUT2D eigenvalue weighted by atomic mass is 10.0. The van der Waals surface area contributed by atoms with E-state index in [0.717, 1.165) is 10.5 Å². The molecule has 0 aliphatic carbocycles. The van der Waals surface area contributed by atoms with Crippen LogP contribution in [0.15, 0.2) is 47.4 Å². The molecule has 2 aromatic carbocycles. The molecule has 1 amide bonds. The summed E-state index contributed by atoms with van der Waals surface area (Å²) in [5.74, 6) is 0.0377. The van der Waals surface area contributed by atoms with Gasteiger partial charge in [0.2, 0.25) is 5.91 Å². The third-order valence-electron chi connectivity index (χ3n) is 3.89. The second-order valence-electron chi connectivity index (χ2n) is 5.79. The van der Waals surface area contributed by atoms with E-state index < -0.39 is 0 Å². The minimum atomic E-state index is -0.162. The van der Waals surface area contributed by atoms with E-state index in [-0.39, 0.29) is 17.2 Å². The van der Waals surface area contributed by atoms with E-state index in [2.05, 4.69) is 37.4 Å². The van der Waals surface area contributed by atoms with E-state index in [1.54, 1.807) is 0 Å². The summed E-state index contributed by atoms with van der Waals surface area (Å²) in [6.45, 7) is 8.11. The van der Waals surface area contributed by atoms with Crippen LogP contribution in [0.4, 0.5) is 0 Å². The Bertz CT molecular complexity index is 684. The predicted octanol–water partition coefficient (Wildman–Crippen LogP) is 5.31. The quantitative estimate of drug-likeness (QED) is 0.742. The van der Waals surface area contributed by atoms with E-state index in [0.29, 0.717) is 5.02 Å². The van der Waals surface area contributed by atoms with Gasteiger partial charge in [-0.25, -0.2) is 0 Å². The molecule has 0 aromatic heterocycles. The van der Waals surface area contributed by atoms with Crippen LogP contribution in [0.1, 0.15) is 36.6 Å². The highest BCUT2D eigenvalue weighted by molar-refractivity contribution is 8.00. The summed E-state index contributed by atoms with van der Waals surface area (Å²) in [6.07, 6.45) is 0. The van der Waals surface area contributed by atoms with Crippen LogP contribution in [-0.2, 0) is 4.79 Å². The fourth-order valence-corrected chi connectivity index (χ4v) is 3.22. The number of aryl methyl sites for hydroxylation is 2. The van der Waals surface area contributed by atoms with Gasteiger partial charge in [0.05, 0.1) is 11.3 Å². The summed E-state index contributed by atoms with van der Waals surface area (Å²) >= 11 is 7.42. The first-order valence-electron chi connectivity index (χ1n) is 7.66. The second-order valence-corrected chi connectivity index (χ2v) is 7.64. The first-order valence-corrected chi connectivity index (χ1v) is 8.92. The predicted molar refractivity (Wildman–Crippen MR) is 99.2 cm³/mol. The van der Waals surface area contributed by atoms with Gasteiger partial charge in [0, 0.05) is 9.92 Å². The number of rotatable bonds is 5. The van der Waals surface area contributed by atoms with Crippen LogP contribution in [0.25, 0.3) is 0 Å². The molecule has 4 heteroatoms. The molecular formula is C19H22ClNOS. The number of hydrogen-bond donors (Lipinski definition) is 1. The molecule has 122 valence electrons. The number of carbonyl (C=O) groups excluding carboxylic acids is 1. The number of nitrogens with one attached hydrogen (secondary N) is 1. The number of hydrogen-bond acceptors (Lipinski definition) is 2. The van der Waals surface area contributed by atoms with Crippen molar-refractivity contribution in [3.63, 3.8) is 0 Å². The Morgan fingerprint density at radius 1 is 1.04 bits per heavy atom. The normalized spacial score (nSPS) is 13.4. The van der Waals surface area contributed by atoms with Crippen molar-refractivity contribution in [2.75, 3.05) is 0 Å². The molecule has 0 fully saturated rings. The number of thioether (sulfide) groups is 1. The zero-order valence-corrected chi connectivity index (χ0v) is 15.5. The molecule has 2 rings (SSSR count). The zero-order valence-electron chi connectivity index (χ0n) is 13.9. The first kappa shape index (κ1) is 17.9. The minimum Gasteiger partial charge on any atom is -0.349 e. The van der Waals surface area contributed by atoms with Crippen LogP contribution in [-0.4, -0.2) is 11.2 Å². The van der Waals surface area contributed by atoms with Crippen LogP contribution < -0.4 is 5.32 Å². The summed E-state index contributed by atoms with van der Waals surface area (Å²) in [4.78, 5) is 13.4. The van der Waals surface area contributed by atoms with Crippen molar-refractivity contribution in [2.45, 2.75) is 43.9 Å². The molecule has 2 aromatic rings. The van der Waals surface area contributed by atoms with Gasteiger partial charge in [-0.3, -0.25) is 4.79 Å². The zero-order chi connectivity index (χ0) is 17.0. The Balaban J connectivity index is 1.96.